The lowest BCUT2D eigenvalue weighted by molar-refractivity contribution is 0.430. The maximum atomic E-state index is 13.3. The van der Waals surface area contributed by atoms with Gasteiger partial charge in [-0.2, -0.15) is 4.98 Å². The summed E-state index contributed by atoms with van der Waals surface area (Å²) in [7, 11) is 0. The van der Waals surface area contributed by atoms with E-state index in [0.29, 0.717) is 21.8 Å². The molecule has 3 N–H and O–H groups in total. The molecule has 3 rings (SSSR count). The van der Waals surface area contributed by atoms with Crippen LogP contribution < -0.4 is 5.73 Å². The number of nitrogens with zero attached hydrogens (tertiary/aromatic N) is 2. The highest BCUT2D eigenvalue weighted by Crippen LogP contribution is 2.30. The lowest BCUT2D eigenvalue weighted by Gasteiger charge is -1.99. The van der Waals surface area contributed by atoms with Crippen LogP contribution in [0.15, 0.2) is 40.9 Å². The summed E-state index contributed by atoms with van der Waals surface area (Å²) in [6.07, 6.45) is 0. The molecule has 0 saturated carbocycles. The molecule has 2 aromatic carbocycles. The number of hydrogen-bond donors (Lipinski definition) is 2. The largest absolute Gasteiger partial charge is 0.505 e. The monoisotopic (exact) mass is 305 g/mol. The van der Waals surface area contributed by atoms with Gasteiger partial charge in [0.1, 0.15) is 0 Å². The first kappa shape index (κ1) is 13.4. The molecule has 1 heterocycles. The normalized spacial score (nSPS) is 10.8. The van der Waals surface area contributed by atoms with E-state index in [9.17, 15) is 9.50 Å². The zero-order valence-corrected chi connectivity index (χ0v) is 11.3. The van der Waals surface area contributed by atoms with Crippen LogP contribution in [0.1, 0.15) is 0 Å². The number of hydrogen-bond acceptors (Lipinski definition) is 5. The lowest BCUT2D eigenvalue weighted by atomic mass is 10.2. The van der Waals surface area contributed by atoms with E-state index in [1.807, 2.05) is 0 Å². The fraction of sp³-hybridized carbons (Fsp3) is 0. The van der Waals surface area contributed by atoms with Crippen molar-refractivity contribution in [3.05, 3.63) is 47.2 Å². The summed E-state index contributed by atoms with van der Waals surface area (Å²) in [5.41, 5.74) is 7.07. The Hall–Kier alpha value is -2.60. The first-order valence-corrected chi connectivity index (χ1v) is 6.30. The number of anilines is 1. The maximum absolute atomic E-state index is 13.3. The van der Waals surface area contributed by atoms with E-state index in [-0.39, 0.29) is 11.7 Å². The van der Waals surface area contributed by atoms with Crippen molar-refractivity contribution in [2.24, 2.45) is 0 Å². The molecule has 106 valence electrons. The summed E-state index contributed by atoms with van der Waals surface area (Å²) in [6.45, 7) is 0. The van der Waals surface area contributed by atoms with Gasteiger partial charge in [0, 0.05) is 11.3 Å². The Morgan fingerprint density at radius 1 is 1.19 bits per heavy atom. The molecular formula is C14H9ClFN3O2. The Labute approximate surface area is 123 Å². The van der Waals surface area contributed by atoms with Crippen molar-refractivity contribution >= 4 is 17.3 Å². The first-order chi connectivity index (χ1) is 10.0. The van der Waals surface area contributed by atoms with Gasteiger partial charge in [-0.15, -0.1) is 0 Å². The number of nitrogens with two attached hydrogens (primary N) is 1. The number of benzene rings is 2. The Morgan fingerprint density at radius 3 is 2.76 bits per heavy atom. The Balaban J connectivity index is 2.03. The first-order valence-electron chi connectivity index (χ1n) is 5.92. The van der Waals surface area contributed by atoms with Crippen LogP contribution in [0, 0.1) is 5.82 Å². The highest BCUT2D eigenvalue weighted by Gasteiger charge is 2.15. The molecule has 1 aromatic heterocycles. The second-order valence-electron chi connectivity index (χ2n) is 4.33. The molecule has 0 fully saturated rings. The minimum Gasteiger partial charge on any atom is -0.505 e. The SMILES string of the molecule is Nc1ccc(Cl)c(-c2nc(-c3ccc(O)c(F)c3)no2)c1. The van der Waals surface area contributed by atoms with Crippen LogP contribution in [0.4, 0.5) is 10.1 Å². The number of rotatable bonds is 2. The third-order valence-corrected chi connectivity index (χ3v) is 3.18. The van der Waals surface area contributed by atoms with Crippen LogP contribution in [0.25, 0.3) is 22.8 Å². The number of halogens is 2. The highest BCUT2D eigenvalue weighted by atomic mass is 35.5. The van der Waals surface area contributed by atoms with Gasteiger partial charge in [0.2, 0.25) is 5.82 Å². The second-order valence-corrected chi connectivity index (χ2v) is 4.74. The van der Waals surface area contributed by atoms with Crippen molar-refractivity contribution in [2.45, 2.75) is 0 Å². The van der Waals surface area contributed by atoms with Crippen molar-refractivity contribution in [1.29, 1.82) is 0 Å². The average Bonchev–Trinajstić information content (AvgIpc) is 2.94. The standard InChI is InChI=1S/C14H9ClFN3O2/c15-10-3-2-8(17)6-9(10)14-18-13(19-21-14)7-1-4-12(20)11(16)5-7/h1-6,20H,17H2. The molecule has 7 heteroatoms. The quantitative estimate of drug-likeness (QED) is 0.708. The topological polar surface area (TPSA) is 85.2 Å². The number of nitrogen functional groups attached to an aromatic ring is 1. The van der Waals surface area contributed by atoms with E-state index in [1.54, 1.807) is 18.2 Å². The van der Waals surface area contributed by atoms with Gasteiger partial charge in [-0.1, -0.05) is 16.8 Å². The third-order valence-electron chi connectivity index (χ3n) is 2.85. The molecule has 0 spiro atoms. The average molecular weight is 306 g/mol. The predicted molar refractivity (Wildman–Crippen MR) is 76.2 cm³/mol. The Morgan fingerprint density at radius 2 is 2.00 bits per heavy atom. The number of phenolic OH excluding ortho intramolecular Hbond substituents is 1. The molecule has 21 heavy (non-hydrogen) atoms. The van der Waals surface area contributed by atoms with Crippen LogP contribution in [0.3, 0.4) is 0 Å². The van der Waals surface area contributed by atoms with Crippen LogP contribution in [0.2, 0.25) is 5.02 Å². The molecule has 0 aliphatic carbocycles. The highest BCUT2D eigenvalue weighted by molar-refractivity contribution is 6.33. The molecule has 0 bridgehead atoms. The van der Waals surface area contributed by atoms with Crippen LogP contribution in [-0.4, -0.2) is 15.2 Å². The van der Waals surface area contributed by atoms with Gasteiger partial charge in [-0.05, 0) is 36.4 Å². The molecule has 0 radical (unpaired) electrons. The summed E-state index contributed by atoms with van der Waals surface area (Å²) < 4.78 is 18.5. The minimum absolute atomic E-state index is 0.177. The zero-order chi connectivity index (χ0) is 15.0. The van der Waals surface area contributed by atoms with E-state index in [4.69, 9.17) is 21.9 Å². The molecule has 3 aromatic rings. The summed E-state index contributed by atoms with van der Waals surface area (Å²) in [6, 6.07) is 8.69. The maximum Gasteiger partial charge on any atom is 0.259 e. The van der Waals surface area contributed by atoms with Crippen molar-refractivity contribution < 1.29 is 14.0 Å². The second kappa shape index (κ2) is 5.06. The van der Waals surface area contributed by atoms with E-state index in [2.05, 4.69) is 10.1 Å². The van der Waals surface area contributed by atoms with Gasteiger partial charge in [-0.25, -0.2) is 4.39 Å². The zero-order valence-electron chi connectivity index (χ0n) is 10.5. The molecule has 0 amide bonds. The minimum atomic E-state index is -0.763. The van der Waals surface area contributed by atoms with Crippen LogP contribution >= 0.6 is 11.6 Å². The number of phenols is 1. The van der Waals surface area contributed by atoms with Crippen molar-refractivity contribution in [3.63, 3.8) is 0 Å². The van der Waals surface area contributed by atoms with Gasteiger partial charge in [-0.3, -0.25) is 0 Å². The molecule has 0 atom stereocenters. The van der Waals surface area contributed by atoms with E-state index < -0.39 is 11.6 Å². The lowest BCUT2D eigenvalue weighted by Crippen LogP contribution is -1.87. The molecule has 5 nitrogen and oxygen atoms in total. The summed E-state index contributed by atoms with van der Waals surface area (Å²) >= 11 is 6.06. The van der Waals surface area contributed by atoms with Gasteiger partial charge in [0.05, 0.1) is 10.6 Å². The van der Waals surface area contributed by atoms with E-state index in [1.165, 1.54) is 12.1 Å². The van der Waals surface area contributed by atoms with Crippen molar-refractivity contribution in [2.75, 3.05) is 5.73 Å². The predicted octanol–water partition coefficient (Wildman–Crippen LogP) is 3.48. The van der Waals surface area contributed by atoms with E-state index in [0.717, 1.165) is 6.07 Å². The van der Waals surface area contributed by atoms with Gasteiger partial charge >= 0.3 is 0 Å². The van der Waals surface area contributed by atoms with Crippen LogP contribution in [-0.2, 0) is 0 Å². The number of aromatic nitrogens is 2. The van der Waals surface area contributed by atoms with Gasteiger partial charge in [0.15, 0.2) is 11.6 Å². The van der Waals surface area contributed by atoms with Gasteiger partial charge in [0.25, 0.3) is 5.89 Å². The Bertz CT molecular complexity index is 820. The summed E-state index contributed by atoms with van der Waals surface area (Å²) in [5, 5.41) is 13.4. The molecular weight excluding hydrogens is 297 g/mol. The fourth-order valence-electron chi connectivity index (χ4n) is 1.80. The molecule has 0 unspecified atom stereocenters. The fourth-order valence-corrected chi connectivity index (χ4v) is 2.00. The van der Waals surface area contributed by atoms with E-state index >= 15 is 0 Å². The molecule has 0 saturated heterocycles. The molecule has 0 aliphatic rings. The Kier molecular flexibility index (Phi) is 3.23. The van der Waals surface area contributed by atoms with Gasteiger partial charge < -0.3 is 15.4 Å². The summed E-state index contributed by atoms with van der Waals surface area (Å²) in [5.74, 6) is -0.847. The summed E-state index contributed by atoms with van der Waals surface area (Å²) in [4.78, 5) is 4.16. The van der Waals surface area contributed by atoms with Crippen molar-refractivity contribution in [3.8, 4) is 28.6 Å². The van der Waals surface area contributed by atoms with Crippen LogP contribution in [0.5, 0.6) is 5.75 Å². The molecule has 0 aliphatic heterocycles. The van der Waals surface area contributed by atoms with Crippen molar-refractivity contribution in [1.82, 2.24) is 10.1 Å². The smallest absolute Gasteiger partial charge is 0.259 e. The number of aromatic hydroxyl groups is 1. The third kappa shape index (κ3) is 2.53.